The molecule has 0 bridgehead atoms. The van der Waals surface area contributed by atoms with Crippen molar-refractivity contribution in [3.8, 4) is 4.97 Å². The molecule has 0 saturated carbocycles. The van der Waals surface area contributed by atoms with Gasteiger partial charge in [-0.2, -0.15) is 0 Å². The van der Waals surface area contributed by atoms with Crippen LogP contribution in [0.2, 0.25) is 0 Å². The van der Waals surface area contributed by atoms with Gasteiger partial charge in [0.1, 0.15) is 0 Å². The van der Waals surface area contributed by atoms with Gasteiger partial charge < -0.3 is 0 Å². The Morgan fingerprint density at radius 2 is 1.50 bits per heavy atom. The zero-order valence-corrected chi connectivity index (χ0v) is 7.60. The third-order valence-electron chi connectivity index (χ3n) is 0. The molecule has 1 radical (unpaired) electrons. The van der Waals surface area contributed by atoms with E-state index in [-0.39, 0.29) is 88.4 Å². The molecule has 30 valence electrons. The summed E-state index contributed by atoms with van der Waals surface area (Å²) >= 11 is 2.79. The SMILES string of the molecule is N#[C][Fe].[Ce].[Mn].[NaH]. The fraction of sp³-hybridized carbons (Fsp3) is 0. The van der Waals surface area contributed by atoms with Crippen molar-refractivity contribution in [2.75, 3.05) is 0 Å². The summed E-state index contributed by atoms with van der Waals surface area (Å²) in [5.41, 5.74) is 0. The molecule has 0 rings (SSSR count). The van der Waals surface area contributed by atoms with Gasteiger partial charge in [-0.1, -0.05) is 0 Å². The van der Waals surface area contributed by atoms with Crippen molar-refractivity contribution < 1.29 is 74.8 Å². The summed E-state index contributed by atoms with van der Waals surface area (Å²) in [6.07, 6.45) is 0. The Morgan fingerprint density at radius 1 is 1.50 bits per heavy atom. The predicted octanol–water partition coefficient (Wildman–Crippen LogP) is -0.637. The molecule has 0 aromatic heterocycles. The van der Waals surface area contributed by atoms with Gasteiger partial charge in [-0.25, -0.2) is 0 Å². The minimum absolute atomic E-state index is 0. The van der Waals surface area contributed by atoms with Crippen molar-refractivity contribution in [1.29, 1.82) is 5.26 Å². The second kappa shape index (κ2) is 24.7. The molecule has 6 heavy (non-hydrogen) atoms. The van der Waals surface area contributed by atoms with Crippen molar-refractivity contribution >= 4 is 29.6 Å². The molecule has 0 aliphatic carbocycles. The van der Waals surface area contributed by atoms with E-state index in [9.17, 15) is 0 Å². The molecule has 0 unspecified atom stereocenters. The Kier molecular flexibility index (Phi) is 95.3. The molecule has 0 fully saturated rings. The van der Waals surface area contributed by atoms with E-state index in [1.54, 1.807) is 0 Å². The van der Waals surface area contributed by atoms with Crippen LogP contribution >= 0.6 is 0 Å². The second-order valence-corrected chi connectivity index (χ2v) is 0.326. The topological polar surface area (TPSA) is 23.8 Å². The van der Waals surface area contributed by atoms with Gasteiger partial charge in [0.15, 0.2) is 0 Å². The Morgan fingerprint density at radius 3 is 1.50 bits per heavy atom. The third kappa shape index (κ3) is 28.5. The van der Waals surface area contributed by atoms with Crippen LogP contribution in [0.4, 0.5) is 0 Å². The van der Waals surface area contributed by atoms with E-state index in [4.69, 9.17) is 5.26 Å². The number of nitrogens with zero attached hydrogens (tertiary/aromatic N) is 1. The van der Waals surface area contributed by atoms with Gasteiger partial charge in [0.2, 0.25) is 0 Å². The van der Waals surface area contributed by atoms with Gasteiger partial charge in [0.25, 0.3) is 0 Å². The molecule has 0 N–H and O–H groups in total. The first-order chi connectivity index (χ1) is 1.41. The maximum atomic E-state index is 7.21. The van der Waals surface area contributed by atoms with Crippen LogP contribution in [0.15, 0.2) is 0 Å². The van der Waals surface area contributed by atoms with Crippen LogP contribution in [0, 0.1) is 52.0 Å². The molecule has 0 aromatic carbocycles. The molecule has 0 aliphatic rings. The summed E-state index contributed by atoms with van der Waals surface area (Å²) in [4.78, 5) is 1.50. The summed E-state index contributed by atoms with van der Waals surface area (Å²) in [7, 11) is 0. The summed E-state index contributed by atoms with van der Waals surface area (Å²) < 4.78 is 0. The zero-order chi connectivity index (χ0) is 2.71. The number of hydrogen-bond donors (Lipinski definition) is 0. The fourth-order valence-electron chi connectivity index (χ4n) is 0. The normalized spacial score (nSPS) is 1.33. The Labute approximate surface area is 112 Å². The Hall–Kier alpha value is 2.91. The monoisotopic (exact) mass is 301 g/mol. The van der Waals surface area contributed by atoms with Crippen LogP contribution in [0.1, 0.15) is 0 Å². The number of hydrogen-bond acceptors (Lipinski definition) is 1. The van der Waals surface area contributed by atoms with Crippen molar-refractivity contribution in [1.82, 2.24) is 0 Å². The Bertz CT molecular complexity index is 37.0. The van der Waals surface area contributed by atoms with Crippen LogP contribution in [0.5, 0.6) is 0 Å². The van der Waals surface area contributed by atoms with Crippen molar-refractivity contribution in [2.45, 2.75) is 0 Å². The standard InChI is InChI=1S/CN.Ce.Fe.Mn.Na.H/c1-2;;;;;. The van der Waals surface area contributed by atoms with Gasteiger partial charge in [0, 0.05) is 58.8 Å². The number of nitriles is 1. The van der Waals surface area contributed by atoms with Crippen molar-refractivity contribution in [2.24, 2.45) is 0 Å². The van der Waals surface area contributed by atoms with Crippen LogP contribution in [0.3, 0.4) is 0 Å². The predicted molar refractivity (Wildman–Crippen MR) is 12.8 cm³/mol. The fourth-order valence-corrected chi connectivity index (χ4v) is 0. The van der Waals surface area contributed by atoms with Gasteiger partial charge in [-0.05, 0) is 0 Å². The van der Waals surface area contributed by atoms with Crippen molar-refractivity contribution in [3.63, 3.8) is 0 Å². The van der Waals surface area contributed by atoms with E-state index in [0.29, 0.717) is 0 Å². The molecule has 1 nitrogen and oxygen atoms in total. The summed E-state index contributed by atoms with van der Waals surface area (Å²) in [6.45, 7) is 0. The average molecular weight is 301 g/mol. The molecular weight excluding hydrogens is 300 g/mol. The third-order valence-corrected chi connectivity index (χ3v) is 0. The molecular formula is CHCeFeMnNNa. The van der Waals surface area contributed by atoms with Gasteiger partial charge >= 0.3 is 55.8 Å². The zero-order valence-electron chi connectivity index (χ0n) is 2.18. The first-order valence-electron chi connectivity index (χ1n) is 0.400. The molecule has 0 spiro atoms. The second-order valence-electron chi connectivity index (χ2n) is 0.0791. The van der Waals surface area contributed by atoms with E-state index < -0.39 is 0 Å². The molecule has 5 heteroatoms. The van der Waals surface area contributed by atoms with Crippen LogP contribution < -0.4 is 0 Å². The quantitative estimate of drug-likeness (QED) is 0.546. The molecule has 0 amide bonds. The van der Waals surface area contributed by atoms with Crippen LogP contribution in [-0.4, -0.2) is 29.6 Å². The van der Waals surface area contributed by atoms with E-state index in [1.807, 2.05) is 0 Å². The van der Waals surface area contributed by atoms with E-state index in [1.165, 1.54) is 4.97 Å². The van der Waals surface area contributed by atoms with Crippen LogP contribution in [-0.2, 0) is 33.1 Å². The first kappa shape index (κ1) is 23.1. The molecule has 0 aromatic rings. The van der Waals surface area contributed by atoms with E-state index in [0.717, 1.165) is 0 Å². The maximum absolute atomic E-state index is 7.21. The number of rotatable bonds is 0. The molecule has 0 heterocycles. The van der Waals surface area contributed by atoms with E-state index >= 15 is 0 Å². The minimum atomic E-state index is 0. The molecule has 0 aliphatic heterocycles. The first-order valence-corrected chi connectivity index (χ1v) is 0.952. The van der Waals surface area contributed by atoms with Crippen molar-refractivity contribution in [3.05, 3.63) is 0 Å². The molecule has 0 saturated heterocycles. The Balaban J connectivity index is -0.00000000667. The average Bonchev–Trinajstić information content (AvgIpc) is 0.918. The summed E-state index contributed by atoms with van der Waals surface area (Å²) in [5, 5.41) is 7.21. The van der Waals surface area contributed by atoms with E-state index in [2.05, 4.69) is 16.0 Å². The van der Waals surface area contributed by atoms with Gasteiger partial charge in [-0.15, -0.1) is 0 Å². The summed E-state index contributed by atoms with van der Waals surface area (Å²) in [5.74, 6) is 0. The van der Waals surface area contributed by atoms with Crippen LogP contribution in [0.25, 0.3) is 0 Å². The molecule has 0 atom stereocenters. The van der Waals surface area contributed by atoms with Gasteiger partial charge in [0.05, 0.1) is 0 Å². The van der Waals surface area contributed by atoms with Gasteiger partial charge in [-0.3, -0.25) is 0 Å². The summed E-state index contributed by atoms with van der Waals surface area (Å²) in [6, 6.07) is 0.